The lowest BCUT2D eigenvalue weighted by atomic mass is 10.00. The average Bonchev–Trinajstić information content (AvgIpc) is 3.30. The van der Waals surface area contributed by atoms with Crippen molar-refractivity contribution in [1.82, 2.24) is 20.7 Å². The fourth-order valence-electron chi connectivity index (χ4n) is 3.85. The third-order valence-corrected chi connectivity index (χ3v) is 6.14. The molecule has 1 saturated heterocycles. The Bertz CT molecular complexity index is 1030. The molecule has 0 spiro atoms. The average molecular weight is 495 g/mol. The highest BCUT2D eigenvalue weighted by molar-refractivity contribution is 9.10. The zero-order valence-electron chi connectivity index (χ0n) is 18.0. The second kappa shape index (κ2) is 10.7. The summed E-state index contributed by atoms with van der Waals surface area (Å²) >= 11 is 3.41. The van der Waals surface area contributed by atoms with Crippen LogP contribution < -0.4 is 15.6 Å². The van der Waals surface area contributed by atoms with E-state index in [1.807, 2.05) is 37.4 Å². The van der Waals surface area contributed by atoms with E-state index >= 15 is 0 Å². The second-order valence-electron chi connectivity index (χ2n) is 7.97. The topological polar surface area (TPSA) is 66.5 Å². The number of carbonyl (C=O) groups is 1. The summed E-state index contributed by atoms with van der Waals surface area (Å²) in [6, 6.07) is 22.1. The molecule has 0 bridgehead atoms. The first-order chi connectivity index (χ1) is 15.6. The molecular weight excluding hydrogens is 468 g/mol. The standard InChI is InChI=1S/C25H27BrN4O2/c1-30(16-6-9-20-17-23(29-28-20)18-7-3-2-4-8-18)25(31)22-10-5-15-27-24(22)32-21-13-11-19(26)12-14-21/h2-5,7-8,10-15,20,23,28-29H,6,9,16-17H2,1H3. The number of amides is 1. The van der Waals surface area contributed by atoms with Crippen molar-refractivity contribution >= 4 is 21.8 Å². The van der Waals surface area contributed by atoms with Gasteiger partial charge in [0.2, 0.25) is 5.88 Å². The number of rotatable bonds is 8. The molecule has 2 N–H and O–H groups in total. The highest BCUT2D eigenvalue weighted by Crippen LogP contribution is 2.26. The molecule has 6 nitrogen and oxygen atoms in total. The number of benzene rings is 2. The van der Waals surface area contributed by atoms with Crippen LogP contribution >= 0.6 is 15.9 Å². The van der Waals surface area contributed by atoms with Crippen molar-refractivity contribution in [3.63, 3.8) is 0 Å². The maximum atomic E-state index is 13.0. The van der Waals surface area contributed by atoms with E-state index in [4.69, 9.17) is 4.74 Å². The Kier molecular flexibility index (Phi) is 7.52. The van der Waals surface area contributed by atoms with Crippen LogP contribution in [-0.2, 0) is 0 Å². The van der Waals surface area contributed by atoms with Crippen LogP contribution in [0, 0.1) is 0 Å². The molecular formula is C25H27BrN4O2. The smallest absolute Gasteiger partial charge is 0.259 e. The summed E-state index contributed by atoms with van der Waals surface area (Å²) in [4.78, 5) is 19.1. The maximum absolute atomic E-state index is 13.0. The number of nitrogens with zero attached hydrogens (tertiary/aromatic N) is 2. The van der Waals surface area contributed by atoms with Crippen LogP contribution in [0.1, 0.15) is 41.2 Å². The van der Waals surface area contributed by atoms with E-state index in [0.717, 1.165) is 23.7 Å². The van der Waals surface area contributed by atoms with Crippen molar-refractivity contribution in [3.05, 3.63) is 88.5 Å². The van der Waals surface area contributed by atoms with Crippen LogP contribution in [0.5, 0.6) is 11.6 Å². The molecule has 2 aromatic carbocycles. The van der Waals surface area contributed by atoms with Crippen molar-refractivity contribution in [2.24, 2.45) is 0 Å². The van der Waals surface area contributed by atoms with Gasteiger partial charge in [-0.1, -0.05) is 46.3 Å². The van der Waals surface area contributed by atoms with E-state index in [1.165, 1.54) is 5.56 Å². The maximum Gasteiger partial charge on any atom is 0.259 e. The van der Waals surface area contributed by atoms with Crippen molar-refractivity contribution in [2.45, 2.75) is 31.3 Å². The quantitative estimate of drug-likeness (QED) is 0.456. The van der Waals surface area contributed by atoms with Gasteiger partial charge in [0, 0.05) is 36.3 Å². The largest absolute Gasteiger partial charge is 0.438 e. The first-order valence-electron chi connectivity index (χ1n) is 10.8. The van der Waals surface area contributed by atoms with Gasteiger partial charge < -0.3 is 9.64 Å². The van der Waals surface area contributed by atoms with Crippen molar-refractivity contribution in [2.75, 3.05) is 13.6 Å². The van der Waals surface area contributed by atoms with Gasteiger partial charge in [0.1, 0.15) is 11.3 Å². The Morgan fingerprint density at radius 3 is 2.66 bits per heavy atom. The van der Waals surface area contributed by atoms with Gasteiger partial charge >= 0.3 is 0 Å². The summed E-state index contributed by atoms with van der Waals surface area (Å²) in [5, 5.41) is 0. The highest BCUT2D eigenvalue weighted by Gasteiger charge is 2.25. The molecule has 0 saturated carbocycles. The Hall–Kier alpha value is -2.74. The van der Waals surface area contributed by atoms with Gasteiger partial charge in [-0.25, -0.2) is 4.98 Å². The van der Waals surface area contributed by atoms with Gasteiger partial charge in [-0.15, -0.1) is 0 Å². The molecule has 1 aromatic heterocycles. The second-order valence-corrected chi connectivity index (χ2v) is 8.88. The summed E-state index contributed by atoms with van der Waals surface area (Å²) in [7, 11) is 1.83. The van der Waals surface area contributed by atoms with E-state index in [0.29, 0.717) is 35.8 Å². The number of aromatic nitrogens is 1. The normalized spacial score (nSPS) is 17.8. The molecule has 2 heterocycles. The number of hydrogen-bond donors (Lipinski definition) is 2. The minimum absolute atomic E-state index is 0.0927. The summed E-state index contributed by atoms with van der Waals surface area (Å²) in [6.07, 6.45) is 4.57. The molecule has 0 aliphatic carbocycles. The fourth-order valence-corrected chi connectivity index (χ4v) is 4.11. The fraction of sp³-hybridized carbons (Fsp3) is 0.280. The summed E-state index contributed by atoms with van der Waals surface area (Å²) < 4.78 is 6.84. The molecule has 0 radical (unpaired) electrons. The predicted octanol–water partition coefficient (Wildman–Crippen LogP) is 5.10. The van der Waals surface area contributed by atoms with Crippen molar-refractivity contribution < 1.29 is 9.53 Å². The lowest BCUT2D eigenvalue weighted by Crippen LogP contribution is -2.32. The molecule has 2 unspecified atom stereocenters. The molecule has 4 rings (SSSR count). The molecule has 1 amide bonds. The summed E-state index contributed by atoms with van der Waals surface area (Å²) in [5.41, 5.74) is 8.54. The van der Waals surface area contributed by atoms with Crippen LogP contribution in [0.25, 0.3) is 0 Å². The molecule has 3 aromatic rings. The van der Waals surface area contributed by atoms with Gasteiger partial charge in [0.05, 0.1) is 0 Å². The SMILES string of the molecule is CN(CCCC1CC(c2ccccc2)NN1)C(=O)c1cccnc1Oc1ccc(Br)cc1. The number of carbonyl (C=O) groups excluding carboxylic acids is 1. The van der Waals surface area contributed by atoms with Crippen LogP contribution in [0.2, 0.25) is 0 Å². The number of hydrazine groups is 1. The molecule has 166 valence electrons. The van der Waals surface area contributed by atoms with Gasteiger partial charge in [-0.2, -0.15) is 0 Å². The van der Waals surface area contributed by atoms with Gasteiger partial charge in [-0.3, -0.25) is 15.6 Å². The molecule has 1 aliphatic heterocycles. The number of hydrogen-bond acceptors (Lipinski definition) is 5. The number of ether oxygens (including phenoxy) is 1. The lowest BCUT2D eigenvalue weighted by Gasteiger charge is -2.19. The molecule has 32 heavy (non-hydrogen) atoms. The van der Waals surface area contributed by atoms with Crippen LogP contribution in [0.4, 0.5) is 0 Å². The third-order valence-electron chi connectivity index (χ3n) is 5.61. The molecule has 2 atom stereocenters. The zero-order chi connectivity index (χ0) is 22.3. The monoisotopic (exact) mass is 494 g/mol. The van der Waals surface area contributed by atoms with Crippen LogP contribution in [-0.4, -0.2) is 35.4 Å². The van der Waals surface area contributed by atoms with E-state index in [9.17, 15) is 4.79 Å². The zero-order valence-corrected chi connectivity index (χ0v) is 19.6. The summed E-state index contributed by atoms with van der Waals surface area (Å²) in [6.45, 7) is 0.666. The lowest BCUT2D eigenvalue weighted by molar-refractivity contribution is 0.0788. The minimum atomic E-state index is -0.0927. The first kappa shape index (κ1) is 22.5. The first-order valence-corrected chi connectivity index (χ1v) is 11.6. The number of halogens is 1. The van der Waals surface area contributed by atoms with Crippen LogP contribution in [0.3, 0.4) is 0 Å². The van der Waals surface area contributed by atoms with Gasteiger partial charge in [0.25, 0.3) is 5.91 Å². The van der Waals surface area contributed by atoms with Crippen molar-refractivity contribution in [1.29, 1.82) is 0 Å². The van der Waals surface area contributed by atoms with E-state index in [1.54, 1.807) is 23.2 Å². The highest BCUT2D eigenvalue weighted by atomic mass is 79.9. The Morgan fingerprint density at radius 1 is 1.09 bits per heavy atom. The predicted molar refractivity (Wildman–Crippen MR) is 129 cm³/mol. The number of pyridine rings is 1. The Labute approximate surface area is 197 Å². The third kappa shape index (κ3) is 5.73. The molecule has 7 heteroatoms. The minimum Gasteiger partial charge on any atom is -0.438 e. The van der Waals surface area contributed by atoms with Crippen molar-refractivity contribution in [3.8, 4) is 11.6 Å². The van der Waals surface area contributed by atoms with Gasteiger partial charge in [-0.05, 0) is 61.2 Å². The molecule has 1 fully saturated rings. The van der Waals surface area contributed by atoms with Gasteiger partial charge in [0.15, 0.2) is 0 Å². The van der Waals surface area contributed by atoms with Crippen LogP contribution in [0.15, 0.2) is 77.4 Å². The van der Waals surface area contributed by atoms with E-state index in [-0.39, 0.29) is 5.91 Å². The number of nitrogens with one attached hydrogen (secondary N) is 2. The Balaban J connectivity index is 1.29. The van der Waals surface area contributed by atoms with E-state index in [2.05, 4.69) is 56.0 Å². The van der Waals surface area contributed by atoms with E-state index < -0.39 is 0 Å². The summed E-state index contributed by atoms with van der Waals surface area (Å²) in [5.74, 6) is 0.861. The molecule has 1 aliphatic rings. The Morgan fingerprint density at radius 2 is 1.88 bits per heavy atom.